The maximum absolute atomic E-state index is 15.7. The van der Waals surface area contributed by atoms with Gasteiger partial charge >= 0.3 is 12.1 Å². The van der Waals surface area contributed by atoms with E-state index >= 15 is 8.78 Å². The molecule has 2 heterocycles. The van der Waals surface area contributed by atoms with Crippen LogP contribution in [0.3, 0.4) is 0 Å². The highest BCUT2D eigenvalue weighted by molar-refractivity contribution is 5.81. The summed E-state index contributed by atoms with van der Waals surface area (Å²) >= 11 is 0. The molecule has 1 aromatic heterocycles. The monoisotopic (exact) mass is 672 g/mol. The van der Waals surface area contributed by atoms with Crippen LogP contribution < -0.4 is 0 Å². The molecule has 260 valence electrons. The number of aromatic nitrogens is 2. The van der Waals surface area contributed by atoms with Crippen molar-refractivity contribution in [3.63, 3.8) is 0 Å². The molecule has 4 unspecified atom stereocenters. The Morgan fingerprint density at radius 2 is 1.73 bits per heavy atom. The van der Waals surface area contributed by atoms with Gasteiger partial charge in [0.25, 0.3) is 5.91 Å². The van der Waals surface area contributed by atoms with Crippen LogP contribution in [0.1, 0.15) is 65.4 Å². The topological polar surface area (TPSA) is 125 Å². The number of carboxylic acids is 1. The molecule has 10 nitrogen and oxygen atoms in total. The summed E-state index contributed by atoms with van der Waals surface area (Å²) in [5, 5.41) is 20.5. The third-order valence-corrected chi connectivity index (χ3v) is 8.20. The van der Waals surface area contributed by atoms with Gasteiger partial charge in [-0.3, -0.25) is 9.59 Å². The summed E-state index contributed by atoms with van der Waals surface area (Å²) in [5.41, 5.74) is -1.46. The van der Waals surface area contributed by atoms with Crippen molar-refractivity contribution in [3.8, 4) is 11.3 Å². The number of aliphatic carboxylic acids is 1. The molecule has 48 heavy (non-hydrogen) atoms. The lowest BCUT2D eigenvalue weighted by Crippen LogP contribution is -2.50. The normalized spacial score (nSPS) is 18.0. The lowest BCUT2D eigenvalue weighted by Gasteiger charge is -2.43. The maximum Gasteiger partial charge on any atom is 0.410 e. The van der Waals surface area contributed by atoms with Crippen molar-refractivity contribution in [3.05, 3.63) is 77.8 Å². The number of aliphatic hydroxyl groups is 1. The van der Waals surface area contributed by atoms with Crippen molar-refractivity contribution < 1.29 is 42.5 Å². The number of ether oxygens (including phenoxy) is 1. The molecule has 1 fully saturated rings. The Kier molecular flexibility index (Phi) is 10.9. The van der Waals surface area contributed by atoms with Gasteiger partial charge in [-0.05, 0) is 51.5 Å². The first kappa shape index (κ1) is 36.4. The highest BCUT2D eigenvalue weighted by atomic mass is 19.1. The number of carbonyl (C=O) groups is 3. The molecule has 0 saturated carbocycles. The molecule has 13 heteroatoms. The lowest BCUT2D eigenvalue weighted by molar-refractivity contribution is -0.150. The number of alkyl halides is 1. The first-order valence-corrected chi connectivity index (χ1v) is 15.7. The fourth-order valence-corrected chi connectivity index (χ4v) is 6.07. The minimum Gasteiger partial charge on any atom is -0.481 e. The molecular formula is C35H43F3N4O6. The Balaban J connectivity index is 1.88. The number of amides is 2. The van der Waals surface area contributed by atoms with Crippen LogP contribution >= 0.6 is 0 Å². The second kappa shape index (κ2) is 14.4. The van der Waals surface area contributed by atoms with Crippen LogP contribution in [0, 0.1) is 23.0 Å². The van der Waals surface area contributed by atoms with Gasteiger partial charge in [0.05, 0.1) is 24.7 Å². The molecule has 0 bridgehead atoms. The predicted molar refractivity (Wildman–Crippen MR) is 171 cm³/mol. The number of nitrogens with zero attached hydrogens (tertiary/aromatic N) is 4. The minimum absolute atomic E-state index is 0.0267. The SMILES string of the molecule is CC(O)C(=O)N(CC1CN(C(=O)OC(C)(C)C)CC1F)C(c1nc(-c2cc(F)ccc2F)cn1Cc1ccccc1)C(C)(C)CC(=O)O. The fourth-order valence-electron chi connectivity index (χ4n) is 6.07. The van der Waals surface area contributed by atoms with Gasteiger partial charge in [-0.25, -0.2) is 22.9 Å². The van der Waals surface area contributed by atoms with Gasteiger partial charge in [-0.1, -0.05) is 44.2 Å². The zero-order valence-electron chi connectivity index (χ0n) is 28.0. The van der Waals surface area contributed by atoms with Crippen LogP contribution in [0.15, 0.2) is 54.7 Å². The van der Waals surface area contributed by atoms with Gasteiger partial charge < -0.3 is 29.3 Å². The van der Waals surface area contributed by atoms with Gasteiger partial charge in [-0.2, -0.15) is 0 Å². The highest BCUT2D eigenvalue weighted by Gasteiger charge is 2.46. The minimum atomic E-state index is -1.58. The van der Waals surface area contributed by atoms with Crippen LogP contribution in [0.2, 0.25) is 0 Å². The van der Waals surface area contributed by atoms with Crippen molar-refractivity contribution >= 4 is 18.0 Å². The van der Waals surface area contributed by atoms with Gasteiger partial charge in [0.1, 0.15) is 35.3 Å². The lowest BCUT2D eigenvalue weighted by atomic mass is 9.79. The Morgan fingerprint density at radius 1 is 1.06 bits per heavy atom. The Hall–Kier alpha value is -4.39. The van der Waals surface area contributed by atoms with Gasteiger partial charge in [0.2, 0.25) is 0 Å². The highest BCUT2D eigenvalue weighted by Crippen LogP contribution is 2.43. The third kappa shape index (κ3) is 8.74. The molecule has 2 aromatic carbocycles. The van der Waals surface area contributed by atoms with E-state index in [0.717, 1.165) is 23.8 Å². The zero-order valence-corrected chi connectivity index (χ0v) is 28.0. The zero-order chi connectivity index (χ0) is 35.6. The number of carbonyl (C=O) groups excluding carboxylic acids is 2. The van der Waals surface area contributed by atoms with E-state index in [1.54, 1.807) is 39.2 Å². The number of benzene rings is 2. The molecule has 4 rings (SSSR count). The first-order valence-electron chi connectivity index (χ1n) is 15.7. The van der Waals surface area contributed by atoms with Gasteiger partial charge in [-0.15, -0.1) is 0 Å². The molecule has 0 spiro atoms. The quantitative estimate of drug-likeness (QED) is 0.263. The van der Waals surface area contributed by atoms with Crippen LogP contribution in [0.25, 0.3) is 11.3 Å². The van der Waals surface area contributed by atoms with Gasteiger partial charge in [0.15, 0.2) is 0 Å². The van der Waals surface area contributed by atoms with E-state index in [9.17, 15) is 29.0 Å². The van der Waals surface area contributed by atoms with E-state index in [1.807, 2.05) is 30.3 Å². The second-order valence-electron chi connectivity index (χ2n) is 14.0. The van der Waals surface area contributed by atoms with Crippen molar-refractivity contribution in [1.29, 1.82) is 0 Å². The van der Waals surface area contributed by atoms with Crippen molar-refractivity contribution in [2.45, 2.75) is 78.4 Å². The Morgan fingerprint density at radius 3 is 2.33 bits per heavy atom. The number of hydrogen-bond donors (Lipinski definition) is 2. The first-order chi connectivity index (χ1) is 22.4. The number of hydrogen-bond acceptors (Lipinski definition) is 6. The van der Waals surface area contributed by atoms with E-state index in [0.29, 0.717) is 0 Å². The van der Waals surface area contributed by atoms with Crippen LogP contribution in [0.5, 0.6) is 0 Å². The second-order valence-corrected chi connectivity index (χ2v) is 14.0. The molecule has 1 aliphatic rings. The van der Waals surface area contributed by atoms with Gasteiger partial charge in [0, 0.05) is 42.7 Å². The number of rotatable bonds is 11. The number of halogens is 3. The van der Waals surface area contributed by atoms with Crippen molar-refractivity contribution in [1.82, 2.24) is 19.4 Å². The molecule has 0 radical (unpaired) electrons. The molecule has 1 aliphatic heterocycles. The molecule has 4 atom stereocenters. The molecule has 2 amide bonds. The molecule has 3 aromatic rings. The number of aliphatic hydroxyl groups excluding tert-OH is 1. The van der Waals surface area contributed by atoms with E-state index in [1.165, 1.54) is 22.9 Å². The summed E-state index contributed by atoms with van der Waals surface area (Å²) in [6, 6.07) is 10.8. The Bertz CT molecular complexity index is 1620. The molecular weight excluding hydrogens is 629 g/mol. The largest absolute Gasteiger partial charge is 0.481 e. The number of imidazole rings is 1. The molecule has 0 aliphatic carbocycles. The average Bonchev–Trinajstić information content (AvgIpc) is 3.55. The summed E-state index contributed by atoms with van der Waals surface area (Å²) < 4.78 is 52.1. The summed E-state index contributed by atoms with van der Waals surface area (Å²) in [7, 11) is 0. The standard InChI is InChI=1S/C35H43F3N4O6/c1-21(43)32(46)42(18-23-17-41(19-27(23)38)33(47)48-34(2,3)4)30(35(5,6)15-29(44)45)31-39-28(25-14-24(36)12-13-26(25)37)20-40(31)16-22-10-8-7-9-11-22/h7-14,20-21,23,27,30,43H,15-19H2,1-6H3,(H,44,45). The summed E-state index contributed by atoms with van der Waals surface area (Å²) in [5.74, 6) is -4.28. The van der Waals surface area contributed by atoms with E-state index in [-0.39, 0.29) is 43.3 Å². The van der Waals surface area contributed by atoms with Crippen LogP contribution in [-0.4, -0.2) is 85.0 Å². The average molecular weight is 673 g/mol. The van der Waals surface area contributed by atoms with Crippen molar-refractivity contribution in [2.24, 2.45) is 11.3 Å². The third-order valence-electron chi connectivity index (χ3n) is 8.20. The van der Waals surface area contributed by atoms with Crippen LogP contribution in [0.4, 0.5) is 18.0 Å². The Labute approximate surface area is 278 Å². The van der Waals surface area contributed by atoms with E-state index in [2.05, 4.69) is 0 Å². The molecule has 2 N–H and O–H groups in total. The summed E-state index contributed by atoms with van der Waals surface area (Å²) in [6.45, 7) is 8.95. The maximum atomic E-state index is 15.7. The van der Waals surface area contributed by atoms with E-state index in [4.69, 9.17) is 9.72 Å². The van der Waals surface area contributed by atoms with Crippen molar-refractivity contribution in [2.75, 3.05) is 19.6 Å². The smallest absolute Gasteiger partial charge is 0.410 e. The summed E-state index contributed by atoms with van der Waals surface area (Å²) in [6.07, 6.45) is -2.86. The molecule has 1 saturated heterocycles. The van der Waals surface area contributed by atoms with Crippen LogP contribution in [-0.2, 0) is 20.9 Å². The van der Waals surface area contributed by atoms with E-state index < -0.39 is 71.3 Å². The fraction of sp³-hybridized carbons (Fsp3) is 0.486. The number of likely N-dealkylation sites (tertiary alicyclic amines) is 1. The number of carboxylic acid groups (broad SMARTS) is 1. The summed E-state index contributed by atoms with van der Waals surface area (Å²) in [4.78, 5) is 46.0. The predicted octanol–water partition coefficient (Wildman–Crippen LogP) is 5.83.